The van der Waals surface area contributed by atoms with Crippen molar-refractivity contribution in [3.63, 3.8) is 0 Å². The number of alkyl halides is 3. The van der Waals surface area contributed by atoms with E-state index in [0.29, 0.717) is 5.88 Å². The van der Waals surface area contributed by atoms with E-state index >= 15 is 0 Å². The molecule has 2 nitrogen and oxygen atoms in total. The van der Waals surface area contributed by atoms with Gasteiger partial charge in [0.2, 0.25) is 0 Å². The van der Waals surface area contributed by atoms with Crippen LogP contribution in [0.5, 0.6) is 0 Å². The van der Waals surface area contributed by atoms with Crippen LogP contribution in [0, 0.1) is 0 Å². The molecule has 0 radical (unpaired) electrons. The maximum Gasteiger partial charge on any atom is 0.251 e. The second kappa shape index (κ2) is 6.47. The van der Waals surface area contributed by atoms with Crippen molar-refractivity contribution in [2.75, 3.05) is 13.6 Å². The van der Waals surface area contributed by atoms with E-state index in [-0.39, 0.29) is 12.6 Å². The molecular weight excluding hydrogens is 254 g/mol. The molecule has 0 aliphatic heterocycles. The summed E-state index contributed by atoms with van der Waals surface area (Å²) in [6, 6.07) is -0.0454. The molecular formula is C10H15ClF2N2S. The quantitative estimate of drug-likeness (QED) is 0.734. The Hall–Kier alpha value is -0.260. The molecule has 92 valence electrons. The third-order valence-electron chi connectivity index (χ3n) is 2.34. The minimum atomic E-state index is -2.31. The molecule has 0 bridgehead atoms. The first kappa shape index (κ1) is 13.8. The Bertz CT molecular complexity index is 320. The summed E-state index contributed by atoms with van der Waals surface area (Å²) in [6.45, 7) is 1.74. The van der Waals surface area contributed by atoms with Crippen molar-refractivity contribution in [3.8, 4) is 0 Å². The van der Waals surface area contributed by atoms with Gasteiger partial charge in [0.1, 0.15) is 5.01 Å². The van der Waals surface area contributed by atoms with Gasteiger partial charge in [0.25, 0.3) is 6.43 Å². The van der Waals surface area contributed by atoms with Gasteiger partial charge in [0, 0.05) is 5.38 Å². The van der Waals surface area contributed by atoms with Crippen molar-refractivity contribution >= 4 is 22.9 Å². The number of halogens is 3. The molecule has 1 atom stereocenters. The molecule has 6 heteroatoms. The number of thiazole rings is 1. The summed E-state index contributed by atoms with van der Waals surface area (Å²) in [5.41, 5.74) is 0.811. The van der Waals surface area contributed by atoms with E-state index in [4.69, 9.17) is 11.6 Å². The van der Waals surface area contributed by atoms with Crippen molar-refractivity contribution in [2.24, 2.45) is 0 Å². The van der Waals surface area contributed by atoms with E-state index < -0.39 is 6.43 Å². The van der Waals surface area contributed by atoms with Crippen LogP contribution < -0.4 is 0 Å². The smallest absolute Gasteiger partial charge is 0.251 e. The lowest BCUT2D eigenvalue weighted by molar-refractivity contribution is 0.0794. The average Bonchev–Trinajstić information content (AvgIpc) is 2.66. The maximum atomic E-state index is 12.3. The highest BCUT2D eigenvalue weighted by Gasteiger charge is 2.21. The van der Waals surface area contributed by atoms with Crippen LogP contribution in [-0.4, -0.2) is 29.9 Å². The molecule has 1 rings (SSSR count). The maximum absolute atomic E-state index is 12.3. The fourth-order valence-corrected chi connectivity index (χ4v) is 2.85. The Morgan fingerprint density at radius 3 is 2.69 bits per heavy atom. The normalized spacial score (nSPS) is 13.7. The largest absolute Gasteiger partial charge is 0.291 e. The third-order valence-corrected chi connectivity index (χ3v) is 3.60. The molecule has 0 amide bonds. The highest BCUT2D eigenvalue weighted by Crippen LogP contribution is 2.26. The molecule has 1 heterocycles. The van der Waals surface area contributed by atoms with E-state index in [2.05, 4.69) is 4.98 Å². The van der Waals surface area contributed by atoms with Gasteiger partial charge < -0.3 is 0 Å². The third kappa shape index (κ3) is 3.64. The lowest BCUT2D eigenvalue weighted by atomic mass is 10.2. The summed E-state index contributed by atoms with van der Waals surface area (Å²) in [7, 11) is 1.70. The Morgan fingerprint density at radius 1 is 1.56 bits per heavy atom. The Morgan fingerprint density at radius 2 is 2.25 bits per heavy atom. The lowest BCUT2D eigenvalue weighted by Crippen LogP contribution is -2.29. The van der Waals surface area contributed by atoms with Gasteiger partial charge in [-0.1, -0.05) is 6.92 Å². The Labute approximate surface area is 103 Å². The summed E-state index contributed by atoms with van der Waals surface area (Å²) in [4.78, 5) is 5.97. The SMILES string of the molecule is CCC(c1nc(CCl)cs1)N(C)CC(F)F. The van der Waals surface area contributed by atoms with Gasteiger partial charge in [-0.15, -0.1) is 22.9 Å². The van der Waals surface area contributed by atoms with Gasteiger partial charge in [0.05, 0.1) is 24.2 Å². The van der Waals surface area contributed by atoms with E-state index in [1.54, 1.807) is 11.9 Å². The summed E-state index contributed by atoms with van der Waals surface area (Å²) >= 11 is 7.14. The van der Waals surface area contributed by atoms with E-state index in [1.807, 2.05) is 12.3 Å². The first-order chi connectivity index (χ1) is 7.58. The predicted molar refractivity (Wildman–Crippen MR) is 63.3 cm³/mol. The van der Waals surface area contributed by atoms with Crippen LogP contribution in [0.25, 0.3) is 0 Å². The molecule has 16 heavy (non-hydrogen) atoms. The van der Waals surface area contributed by atoms with Crippen LogP contribution >= 0.6 is 22.9 Å². The van der Waals surface area contributed by atoms with Gasteiger partial charge in [-0.05, 0) is 13.5 Å². The fourth-order valence-electron chi connectivity index (χ4n) is 1.56. The van der Waals surface area contributed by atoms with Crippen molar-refractivity contribution in [1.82, 2.24) is 9.88 Å². The molecule has 0 saturated heterocycles. The molecule has 0 N–H and O–H groups in total. The second-order valence-corrected chi connectivity index (χ2v) is 4.72. The van der Waals surface area contributed by atoms with Crippen LogP contribution in [0.4, 0.5) is 8.78 Å². The van der Waals surface area contributed by atoms with Gasteiger partial charge in [0.15, 0.2) is 0 Å². The van der Waals surface area contributed by atoms with Crippen LogP contribution in [0.15, 0.2) is 5.38 Å². The molecule has 1 aromatic rings. The zero-order valence-electron chi connectivity index (χ0n) is 9.29. The standard InChI is InChI=1S/C10H15ClF2N2S/c1-3-8(15(2)5-9(12)13)10-14-7(4-11)6-16-10/h6,8-9H,3-5H2,1-2H3. The topological polar surface area (TPSA) is 16.1 Å². The molecule has 0 spiro atoms. The number of hydrogen-bond donors (Lipinski definition) is 0. The molecule has 1 aromatic heterocycles. The summed E-state index contributed by atoms with van der Waals surface area (Å²) in [5.74, 6) is 0.367. The van der Waals surface area contributed by atoms with Crippen molar-refractivity contribution < 1.29 is 8.78 Å². The number of aromatic nitrogens is 1. The summed E-state index contributed by atoms with van der Waals surface area (Å²) in [6.07, 6.45) is -1.55. The van der Waals surface area contributed by atoms with Crippen LogP contribution in [0.1, 0.15) is 30.1 Å². The predicted octanol–water partition coefficient (Wildman–Crippen LogP) is 3.53. The first-order valence-electron chi connectivity index (χ1n) is 5.07. The van der Waals surface area contributed by atoms with Crippen molar-refractivity contribution in [3.05, 3.63) is 16.1 Å². The Balaban J connectivity index is 2.72. The van der Waals surface area contributed by atoms with Gasteiger partial charge >= 0.3 is 0 Å². The first-order valence-corrected chi connectivity index (χ1v) is 6.48. The second-order valence-electron chi connectivity index (χ2n) is 3.57. The molecule has 0 fully saturated rings. The minimum Gasteiger partial charge on any atom is -0.291 e. The molecule has 0 aliphatic carbocycles. The number of rotatable bonds is 6. The van der Waals surface area contributed by atoms with Crippen molar-refractivity contribution in [1.29, 1.82) is 0 Å². The Kier molecular flexibility index (Phi) is 5.58. The van der Waals surface area contributed by atoms with Crippen LogP contribution in [0.2, 0.25) is 0 Å². The number of hydrogen-bond acceptors (Lipinski definition) is 3. The van der Waals surface area contributed by atoms with Crippen molar-refractivity contribution in [2.45, 2.75) is 31.7 Å². The van der Waals surface area contributed by atoms with Gasteiger partial charge in [-0.25, -0.2) is 13.8 Å². The molecule has 0 aromatic carbocycles. The van der Waals surface area contributed by atoms with Crippen LogP contribution in [-0.2, 0) is 5.88 Å². The van der Waals surface area contributed by atoms with Gasteiger partial charge in [-0.3, -0.25) is 4.90 Å². The fraction of sp³-hybridized carbons (Fsp3) is 0.700. The van der Waals surface area contributed by atoms with Gasteiger partial charge in [-0.2, -0.15) is 0 Å². The zero-order chi connectivity index (χ0) is 12.1. The highest BCUT2D eigenvalue weighted by molar-refractivity contribution is 7.09. The molecule has 1 unspecified atom stereocenters. The summed E-state index contributed by atoms with van der Waals surface area (Å²) < 4.78 is 24.6. The molecule has 0 saturated carbocycles. The zero-order valence-corrected chi connectivity index (χ0v) is 10.9. The van der Waals surface area contributed by atoms with Crippen LogP contribution in [0.3, 0.4) is 0 Å². The lowest BCUT2D eigenvalue weighted by Gasteiger charge is -2.24. The summed E-state index contributed by atoms with van der Waals surface area (Å²) in [5, 5.41) is 2.74. The van der Waals surface area contributed by atoms with E-state index in [1.165, 1.54) is 11.3 Å². The monoisotopic (exact) mass is 268 g/mol. The number of nitrogens with zero attached hydrogens (tertiary/aromatic N) is 2. The minimum absolute atomic E-state index is 0.0454. The van der Waals surface area contributed by atoms with E-state index in [0.717, 1.165) is 17.1 Å². The molecule has 0 aliphatic rings. The average molecular weight is 269 g/mol. The van der Waals surface area contributed by atoms with E-state index in [9.17, 15) is 8.78 Å². The highest BCUT2D eigenvalue weighted by atomic mass is 35.5.